The highest BCUT2D eigenvalue weighted by Gasteiger charge is 2.02. The highest BCUT2D eigenvalue weighted by molar-refractivity contribution is 5.41. The summed E-state index contributed by atoms with van der Waals surface area (Å²) in [5.74, 6) is -0.409. The predicted octanol–water partition coefficient (Wildman–Crippen LogP) is 1.32. The summed E-state index contributed by atoms with van der Waals surface area (Å²) in [5, 5.41) is 0. The maximum Gasteiger partial charge on any atom is 0.253 e. The zero-order valence-corrected chi connectivity index (χ0v) is 9.35. The fourth-order valence-corrected chi connectivity index (χ4v) is 1.60. The molecule has 0 bridgehead atoms. The first-order valence-corrected chi connectivity index (χ1v) is 5.12. The first kappa shape index (κ1) is 11.3. The van der Waals surface area contributed by atoms with Crippen molar-refractivity contribution in [1.82, 2.24) is 9.55 Å². The van der Waals surface area contributed by atoms with Crippen molar-refractivity contribution in [3.63, 3.8) is 0 Å². The van der Waals surface area contributed by atoms with E-state index in [0.717, 1.165) is 0 Å². The lowest BCUT2D eigenvalue weighted by Gasteiger charge is -2.06. The summed E-state index contributed by atoms with van der Waals surface area (Å²) in [6.45, 7) is 2.00. The Bertz CT molecular complexity index is 587. The van der Waals surface area contributed by atoms with Crippen LogP contribution in [0.4, 0.5) is 10.1 Å². The van der Waals surface area contributed by atoms with Crippen molar-refractivity contribution in [2.24, 2.45) is 0 Å². The zero-order valence-electron chi connectivity index (χ0n) is 9.35. The second-order valence-electron chi connectivity index (χ2n) is 3.89. The van der Waals surface area contributed by atoms with E-state index in [9.17, 15) is 9.18 Å². The minimum atomic E-state index is -0.409. The Morgan fingerprint density at radius 2 is 2.12 bits per heavy atom. The molecule has 2 rings (SSSR count). The third kappa shape index (κ3) is 2.69. The SMILES string of the molecule is Cc1cc(=O)n(Cc2cc(N)cc(F)c2)cn1. The Hall–Kier alpha value is -2.17. The summed E-state index contributed by atoms with van der Waals surface area (Å²) in [6.07, 6.45) is 1.44. The van der Waals surface area contributed by atoms with E-state index >= 15 is 0 Å². The van der Waals surface area contributed by atoms with Gasteiger partial charge in [0.15, 0.2) is 0 Å². The van der Waals surface area contributed by atoms with Gasteiger partial charge in [0.2, 0.25) is 0 Å². The summed E-state index contributed by atoms with van der Waals surface area (Å²) in [7, 11) is 0. The van der Waals surface area contributed by atoms with E-state index in [-0.39, 0.29) is 12.1 Å². The monoisotopic (exact) mass is 233 g/mol. The van der Waals surface area contributed by atoms with Gasteiger partial charge in [0.1, 0.15) is 5.82 Å². The highest BCUT2D eigenvalue weighted by Crippen LogP contribution is 2.11. The van der Waals surface area contributed by atoms with Crippen molar-refractivity contribution in [3.8, 4) is 0 Å². The molecule has 2 aromatic rings. The van der Waals surface area contributed by atoms with Crippen molar-refractivity contribution in [3.05, 3.63) is 58.0 Å². The molecule has 0 saturated heterocycles. The molecule has 1 aromatic carbocycles. The van der Waals surface area contributed by atoms with Gasteiger partial charge < -0.3 is 5.73 Å². The van der Waals surface area contributed by atoms with Crippen LogP contribution in [0.25, 0.3) is 0 Å². The molecule has 1 heterocycles. The molecule has 0 saturated carbocycles. The molecule has 2 N–H and O–H groups in total. The first-order chi connectivity index (χ1) is 8.04. The molecule has 17 heavy (non-hydrogen) atoms. The second kappa shape index (κ2) is 4.37. The van der Waals surface area contributed by atoms with Crippen LogP contribution in [-0.2, 0) is 6.54 Å². The van der Waals surface area contributed by atoms with Gasteiger partial charge >= 0.3 is 0 Å². The topological polar surface area (TPSA) is 60.9 Å². The Labute approximate surface area is 97.5 Å². The van der Waals surface area contributed by atoms with Crippen LogP contribution in [0, 0.1) is 12.7 Å². The summed E-state index contributed by atoms with van der Waals surface area (Å²) >= 11 is 0. The van der Waals surface area contributed by atoms with Crippen LogP contribution in [0.2, 0.25) is 0 Å². The number of rotatable bonds is 2. The quantitative estimate of drug-likeness (QED) is 0.796. The Kier molecular flexibility index (Phi) is 2.91. The number of hydrogen-bond acceptors (Lipinski definition) is 3. The van der Waals surface area contributed by atoms with E-state index in [2.05, 4.69) is 4.98 Å². The molecule has 0 fully saturated rings. The second-order valence-corrected chi connectivity index (χ2v) is 3.89. The molecule has 0 radical (unpaired) electrons. The molecular formula is C12H12FN3O. The molecule has 0 unspecified atom stereocenters. The molecule has 0 aliphatic carbocycles. The van der Waals surface area contributed by atoms with Crippen molar-refractivity contribution in [1.29, 1.82) is 0 Å². The average Bonchev–Trinajstić information content (AvgIpc) is 2.21. The van der Waals surface area contributed by atoms with Crippen molar-refractivity contribution in [2.75, 3.05) is 5.73 Å². The van der Waals surface area contributed by atoms with E-state index in [1.54, 1.807) is 13.0 Å². The van der Waals surface area contributed by atoms with Gasteiger partial charge in [0.05, 0.1) is 12.9 Å². The number of hydrogen-bond donors (Lipinski definition) is 1. The van der Waals surface area contributed by atoms with E-state index in [1.165, 1.54) is 29.1 Å². The smallest absolute Gasteiger partial charge is 0.253 e. The molecule has 0 atom stereocenters. The van der Waals surface area contributed by atoms with Gasteiger partial charge in [-0.25, -0.2) is 9.37 Å². The Morgan fingerprint density at radius 3 is 2.76 bits per heavy atom. The minimum absolute atomic E-state index is 0.166. The minimum Gasteiger partial charge on any atom is -0.399 e. The maximum atomic E-state index is 13.1. The average molecular weight is 233 g/mol. The van der Waals surface area contributed by atoms with Crippen LogP contribution in [0.1, 0.15) is 11.3 Å². The lowest BCUT2D eigenvalue weighted by atomic mass is 10.2. The number of benzene rings is 1. The molecule has 4 nitrogen and oxygen atoms in total. The molecule has 5 heteroatoms. The van der Waals surface area contributed by atoms with Gasteiger partial charge in [-0.1, -0.05) is 0 Å². The molecule has 0 spiro atoms. The predicted molar refractivity (Wildman–Crippen MR) is 63.1 cm³/mol. The van der Waals surface area contributed by atoms with Crippen LogP contribution < -0.4 is 11.3 Å². The van der Waals surface area contributed by atoms with Gasteiger partial charge in [0, 0.05) is 17.4 Å². The molecular weight excluding hydrogens is 221 g/mol. The fourth-order valence-electron chi connectivity index (χ4n) is 1.60. The standard InChI is InChI=1S/C12H12FN3O/c1-8-2-12(17)16(7-15-8)6-9-3-10(13)5-11(14)4-9/h2-5,7H,6,14H2,1H3. The Morgan fingerprint density at radius 1 is 1.35 bits per heavy atom. The number of anilines is 1. The normalized spacial score (nSPS) is 10.5. The van der Waals surface area contributed by atoms with Crippen molar-refractivity contribution >= 4 is 5.69 Å². The van der Waals surface area contributed by atoms with Gasteiger partial charge in [-0.3, -0.25) is 9.36 Å². The molecule has 0 aliphatic heterocycles. The number of nitrogens with zero attached hydrogens (tertiary/aromatic N) is 2. The molecule has 88 valence electrons. The third-order valence-electron chi connectivity index (χ3n) is 2.35. The van der Waals surface area contributed by atoms with Crippen LogP contribution in [-0.4, -0.2) is 9.55 Å². The van der Waals surface area contributed by atoms with Crippen LogP contribution in [0.5, 0.6) is 0 Å². The van der Waals surface area contributed by atoms with Crippen LogP contribution >= 0.6 is 0 Å². The van der Waals surface area contributed by atoms with Gasteiger partial charge in [0.25, 0.3) is 5.56 Å². The number of aromatic nitrogens is 2. The van der Waals surface area contributed by atoms with Gasteiger partial charge in [-0.15, -0.1) is 0 Å². The van der Waals surface area contributed by atoms with Crippen molar-refractivity contribution in [2.45, 2.75) is 13.5 Å². The number of nitrogen functional groups attached to an aromatic ring is 1. The first-order valence-electron chi connectivity index (χ1n) is 5.12. The fraction of sp³-hybridized carbons (Fsp3) is 0.167. The zero-order chi connectivity index (χ0) is 12.4. The number of nitrogens with two attached hydrogens (primary N) is 1. The van der Waals surface area contributed by atoms with Crippen LogP contribution in [0.15, 0.2) is 35.4 Å². The number of aryl methyl sites for hydroxylation is 1. The molecule has 0 aliphatic rings. The van der Waals surface area contributed by atoms with E-state index in [1.807, 2.05) is 0 Å². The van der Waals surface area contributed by atoms with Gasteiger partial charge in [-0.05, 0) is 30.7 Å². The van der Waals surface area contributed by atoms with E-state index in [4.69, 9.17) is 5.73 Å². The van der Waals surface area contributed by atoms with Crippen LogP contribution in [0.3, 0.4) is 0 Å². The lowest BCUT2D eigenvalue weighted by Crippen LogP contribution is -2.20. The maximum absolute atomic E-state index is 13.1. The largest absolute Gasteiger partial charge is 0.399 e. The molecule has 0 amide bonds. The number of halogens is 1. The van der Waals surface area contributed by atoms with E-state index < -0.39 is 5.82 Å². The summed E-state index contributed by atoms with van der Waals surface area (Å²) in [5.41, 5.74) is 7.00. The Balaban J connectivity index is 2.34. The third-order valence-corrected chi connectivity index (χ3v) is 2.35. The van der Waals surface area contributed by atoms with E-state index in [0.29, 0.717) is 16.9 Å². The molecule has 1 aromatic heterocycles. The summed E-state index contributed by atoms with van der Waals surface area (Å²) in [6, 6.07) is 5.65. The van der Waals surface area contributed by atoms with Gasteiger partial charge in [-0.2, -0.15) is 0 Å². The summed E-state index contributed by atoms with van der Waals surface area (Å²) < 4.78 is 14.5. The highest BCUT2D eigenvalue weighted by atomic mass is 19.1. The lowest BCUT2D eigenvalue weighted by molar-refractivity contribution is 0.623. The summed E-state index contributed by atoms with van der Waals surface area (Å²) in [4.78, 5) is 15.6. The van der Waals surface area contributed by atoms with Crippen molar-refractivity contribution < 1.29 is 4.39 Å².